The summed E-state index contributed by atoms with van der Waals surface area (Å²) < 4.78 is 5.07. The van der Waals surface area contributed by atoms with Gasteiger partial charge in [0, 0.05) is 13.2 Å². The van der Waals surface area contributed by atoms with Crippen LogP contribution in [0.25, 0.3) is 0 Å². The van der Waals surface area contributed by atoms with Crippen molar-refractivity contribution in [1.29, 1.82) is 0 Å². The predicted molar refractivity (Wildman–Crippen MR) is 39.6 cm³/mol. The maximum atomic E-state index is 5.07. The molecule has 0 aromatic rings. The van der Waals surface area contributed by atoms with E-state index in [0.717, 1.165) is 26.1 Å². The molecule has 0 unspecified atom stereocenters. The standard InChI is InChI=1S/C6H13O.Ca.2H/c1-3-5-7-6-4-2;;;/h1,3-6H2,2H3;;;. The molecule has 0 aromatic heterocycles. The first-order valence-corrected chi connectivity index (χ1v) is 2.78. The van der Waals surface area contributed by atoms with E-state index in [4.69, 9.17) is 4.74 Å². The van der Waals surface area contributed by atoms with Gasteiger partial charge in [-0.15, -0.1) is 0 Å². The van der Waals surface area contributed by atoms with Crippen LogP contribution in [0, 0.1) is 6.92 Å². The Hall–Kier alpha value is 1.22. The summed E-state index contributed by atoms with van der Waals surface area (Å²) in [7, 11) is 0. The average Bonchev–Trinajstić information content (AvgIpc) is 1.69. The Morgan fingerprint density at radius 3 is 2.38 bits per heavy atom. The van der Waals surface area contributed by atoms with Gasteiger partial charge in [-0.3, -0.25) is 0 Å². The van der Waals surface area contributed by atoms with Crippen molar-refractivity contribution < 1.29 is 4.74 Å². The second-order valence-electron chi connectivity index (χ2n) is 1.47. The molecule has 8 heavy (non-hydrogen) atoms. The number of ether oxygens (including phenoxy) is 1. The molecule has 1 nitrogen and oxygen atoms in total. The van der Waals surface area contributed by atoms with E-state index in [1.54, 1.807) is 0 Å². The normalized spacial score (nSPS) is 8.25. The van der Waals surface area contributed by atoms with Gasteiger partial charge in [-0.05, 0) is 12.8 Å². The minimum atomic E-state index is 0. The minimum absolute atomic E-state index is 0. The second kappa shape index (κ2) is 11.1. The Morgan fingerprint density at radius 2 is 2.00 bits per heavy atom. The number of hydrogen-bond donors (Lipinski definition) is 0. The molecule has 0 aliphatic rings. The average molecular weight is 143 g/mol. The van der Waals surface area contributed by atoms with E-state index in [1.807, 2.05) is 0 Å². The molecular weight excluding hydrogens is 128 g/mol. The van der Waals surface area contributed by atoms with Gasteiger partial charge in [0.05, 0.1) is 0 Å². The van der Waals surface area contributed by atoms with Crippen LogP contribution in [-0.4, -0.2) is 51.0 Å². The molecule has 0 fully saturated rings. The van der Waals surface area contributed by atoms with Crippen molar-refractivity contribution in [2.45, 2.75) is 19.8 Å². The van der Waals surface area contributed by atoms with E-state index < -0.39 is 0 Å². The van der Waals surface area contributed by atoms with Crippen molar-refractivity contribution in [3.05, 3.63) is 6.92 Å². The molecule has 0 N–H and O–H groups in total. The van der Waals surface area contributed by atoms with Crippen molar-refractivity contribution in [2.75, 3.05) is 13.2 Å². The van der Waals surface area contributed by atoms with Gasteiger partial charge >= 0.3 is 37.7 Å². The molecule has 0 spiro atoms. The predicted octanol–water partition coefficient (Wildman–Crippen LogP) is 0.721. The van der Waals surface area contributed by atoms with Crippen LogP contribution >= 0.6 is 0 Å². The van der Waals surface area contributed by atoms with Crippen LogP contribution in [0.15, 0.2) is 0 Å². The summed E-state index contributed by atoms with van der Waals surface area (Å²) >= 11 is 0. The monoisotopic (exact) mass is 143 g/mol. The Labute approximate surface area is 81.8 Å². The molecule has 2 heteroatoms. The van der Waals surface area contributed by atoms with Gasteiger partial charge in [-0.2, -0.15) is 0 Å². The summed E-state index contributed by atoms with van der Waals surface area (Å²) in [5.74, 6) is 0. The molecule has 0 atom stereocenters. The first-order chi connectivity index (χ1) is 3.41. The van der Waals surface area contributed by atoms with Crippen molar-refractivity contribution >= 4 is 37.7 Å². The summed E-state index contributed by atoms with van der Waals surface area (Å²) in [5, 5.41) is 0. The SMILES string of the molecule is [CH2]CCOCCC.[CaH2]. The van der Waals surface area contributed by atoms with Crippen molar-refractivity contribution in [3.63, 3.8) is 0 Å². The molecule has 0 aromatic carbocycles. The van der Waals surface area contributed by atoms with Crippen molar-refractivity contribution in [2.24, 2.45) is 0 Å². The van der Waals surface area contributed by atoms with Crippen LogP contribution in [0.3, 0.4) is 0 Å². The first-order valence-electron chi connectivity index (χ1n) is 2.78. The van der Waals surface area contributed by atoms with Crippen LogP contribution in [0.4, 0.5) is 0 Å². The fourth-order valence-electron chi connectivity index (χ4n) is 0.348. The second-order valence-corrected chi connectivity index (χ2v) is 1.47. The molecule has 0 saturated carbocycles. The van der Waals surface area contributed by atoms with Gasteiger partial charge in [0.1, 0.15) is 0 Å². The van der Waals surface area contributed by atoms with Crippen LogP contribution in [-0.2, 0) is 4.74 Å². The van der Waals surface area contributed by atoms with E-state index >= 15 is 0 Å². The quantitative estimate of drug-likeness (QED) is 0.416. The molecule has 0 heterocycles. The summed E-state index contributed by atoms with van der Waals surface area (Å²) in [6.07, 6.45) is 2.00. The molecule has 0 amide bonds. The molecule has 0 aliphatic heterocycles. The Kier molecular flexibility index (Phi) is 16.5. The zero-order valence-corrected chi connectivity index (χ0v) is 4.94. The van der Waals surface area contributed by atoms with E-state index in [1.165, 1.54) is 0 Å². The van der Waals surface area contributed by atoms with Crippen molar-refractivity contribution in [1.82, 2.24) is 0 Å². The molecule has 0 saturated heterocycles. The zero-order valence-electron chi connectivity index (χ0n) is 4.94. The van der Waals surface area contributed by atoms with E-state index in [9.17, 15) is 0 Å². The molecule has 0 rings (SSSR count). The molecule has 47 valence electrons. The van der Waals surface area contributed by atoms with Crippen LogP contribution in [0.2, 0.25) is 0 Å². The first kappa shape index (κ1) is 12.0. The van der Waals surface area contributed by atoms with Gasteiger partial charge < -0.3 is 4.74 Å². The Balaban J connectivity index is 0. The van der Waals surface area contributed by atoms with E-state index in [2.05, 4.69) is 13.8 Å². The van der Waals surface area contributed by atoms with E-state index in [0.29, 0.717) is 0 Å². The zero-order chi connectivity index (χ0) is 5.54. The molecular formula is C6H15CaO. The third-order valence-electron chi connectivity index (χ3n) is 0.637. The van der Waals surface area contributed by atoms with Gasteiger partial charge in [0.25, 0.3) is 0 Å². The van der Waals surface area contributed by atoms with Crippen LogP contribution in [0.5, 0.6) is 0 Å². The third kappa shape index (κ3) is 10.3. The fourth-order valence-corrected chi connectivity index (χ4v) is 0.348. The van der Waals surface area contributed by atoms with Gasteiger partial charge in [0.15, 0.2) is 0 Å². The number of hydrogen-bond acceptors (Lipinski definition) is 1. The van der Waals surface area contributed by atoms with Crippen molar-refractivity contribution in [3.8, 4) is 0 Å². The molecule has 0 bridgehead atoms. The summed E-state index contributed by atoms with van der Waals surface area (Å²) in [6, 6.07) is 0. The summed E-state index contributed by atoms with van der Waals surface area (Å²) in [6.45, 7) is 7.43. The van der Waals surface area contributed by atoms with Gasteiger partial charge in [-0.1, -0.05) is 13.8 Å². The summed E-state index contributed by atoms with van der Waals surface area (Å²) in [5.41, 5.74) is 0. The molecule has 0 aliphatic carbocycles. The fraction of sp³-hybridized carbons (Fsp3) is 0.833. The van der Waals surface area contributed by atoms with Gasteiger partial charge in [-0.25, -0.2) is 0 Å². The van der Waals surface area contributed by atoms with Gasteiger partial charge in [0.2, 0.25) is 0 Å². The Morgan fingerprint density at radius 1 is 1.38 bits per heavy atom. The van der Waals surface area contributed by atoms with Crippen LogP contribution in [0.1, 0.15) is 19.8 Å². The number of rotatable bonds is 4. The van der Waals surface area contributed by atoms with E-state index in [-0.39, 0.29) is 37.7 Å². The summed E-state index contributed by atoms with van der Waals surface area (Å²) in [4.78, 5) is 0. The topological polar surface area (TPSA) is 9.23 Å². The van der Waals surface area contributed by atoms with Crippen LogP contribution < -0.4 is 0 Å². The third-order valence-corrected chi connectivity index (χ3v) is 0.637. The Bertz CT molecular complexity index is 27.7. The molecule has 1 radical (unpaired) electrons. The maximum absolute atomic E-state index is 5.07.